The van der Waals surface area contributed by atoms with Gasteiger partial charge in [-0.05, 0) is 69.7 Å². The van der Waals surface area contributed by atoms with Crippen LogP contribution in [-0.4, -0.2) is 45.7 Å². The molecule has 4 N–H and O–H groups in total. The molecule has 1 saturated heterocycles. The SMILES string of the molecule is CC(C)(C)OC(=O)N1[C@@H]2CC[C@@H](C2)[C@H]1C(=O)N[C@H](C#N)Cc1ccc(-c2ccc(C(N)O)o2)cc1F. The average molecular weight is 499 g/mol. The maximum absolute atomic E-state index is 14.9. The van der Waals surface area contributed by atoms with Gasteiger partial charge in [-0.2, -0.15) is 5.26 Å². The van der Waals surface area contributed by atoms with Gasteiger partial charge in [0.05, 0.1) is 6.07 Å². The van der Waals surface area contributed by atoms with E-state index in [1.54, 1.807) is 32.9 Å². The zero-order chi connectivity index (χ0) is 26.2. The molecule has 2 aliphatic rings. The lowest BCUT2D eigenvalue weighted by atomic mass is 9.97. The Morgan fingerprint density at radius 1 is 1.33 bits per heavy atom. The topological polar surface area (TPSA) is 142 Å². The number of halogens is 1. The zero-order valence-electron chi connectivity index (χ0n) is 20.5. The van der Waals surface area contributed by atoms with Crippen molar-refractivity contribution in [3.63, 3.8) is 0 Å². The van der Waals surface area contributed by atoms with Crippen molar-refractivity contribution in [3.8, 4) is 17.4 Å². The van der Waals surface area contributed by atoms with E-state index in [9.17, 15) is 24.3 Å². The summed E-state index contributed by atoms with van der Waals surface area (Å²) in [7, 11) is 0. The Hall–Kier alpha value is -3.42. The first kappa shape index (κ1) is 25.7. The van der Waals surface area contributed by atoms with E-state index in [1.165, 1.54) is 23.1 Å². The number of nitrogens with one attached hydrogen (secondary N) is 1. The third kappa shape index (κ3) is 5.37. The number of hydrogen-bond donors (Lipinski definition) is 3. The number of amides is 2. The van der Waals surface area contributed by atoms with Crippen LogP contribution in [0.1, 0.15) is 57.6 Å². The Labute approximate surface area is 209 Å². The van der Waals surface area contributed by atoms with Crippen LogP contribution in [0.4, 0.5) is 9.18 Å². The smallest absolute Gasteiger partial charge is 0.411 e. The highest BCUT2D eigenvalue weighted by molar-refractivity contribution is 5.87. The number of carbonyl (C=O) groups excluding carboxylic acids is 2. The molecule has 1 aliphatic carbocycles. The summed E-state index contributed by atoms with van der Waals surface area (Å²) in [6, 6.07) is 7.75. The van der Waals surface area contributed by atoms with Gasteiger partial charge in [-0.1, -0.05) is 12.1 Å². The summed E-state index contributed by atoms with van der Waals surface area (Å²) in [5.74, 6) is -0.502. The van der Waals surface area contributed by atoms with Gasteiger partial charge in [-0.3, -0.25) is 15.4 Å². The van der Waals surface area contributed by atoms with Gasteiger partial charge in [0.25, 0.3) is 0 Å². The number of piperidine rings is 1. The van der Waals surface area contributed by atoms with Crippen LogP contribution in [0.3, 0.4) is 0 Å². The Bertz CT molecular complexity index is 1180. The predicted molar refractivity (Wildman–Crippen MR) is 127 cm³/mol. The highest BCUT2D eigenvalue weighted by Gasteiger charge is 2.52. The third-order valence-electron chi connectivity index (χ3n) is 6.61. The fraction of sp³-hybridized carbons (Fsp3) is 0.500. The Morgan fingerprint density at radius 3 is 2.69 bits per heavy atom. The van der Waals surface area contributed by atoms with E-state index in [0.29, 0.717) is 11.3 Å². The van der Waals surface area contributed by atoms with E-state index in [2.05, 4.69) is 5.32 Å². The molecule has 0 radical (unpaired) electrons. The summed E-state index contributed by atoms with van der Waals surface area (Å²) in [6.45, 7) is 5.31. The highest BCUT2D eigenvalue weighted by Crippen LogP contribution is 2.43. The van der Waals surface area contributed by atoms with Gasteiger partial charge in [0.15, 0.2) is 6.23 Å². The Morgan fingerprint density at radius 2 is 2.08 bits per heavy atom. The first-order valence-electron chi connectivity index (χ1n) is 12.0. The molecule has 36 heavy (non-hydrogen) atoms. The first-order valence-corrected chi connectivity index (χ1v) is 12.0. The number of furan rings is 1. The average Bonchev–Trinajstić information content (AvgIpc) is 3.54. The number of carbonyl (C=O) groups is 2. The van der Waals surface area contributed by atoms with Crippen LogP contribution >= 0.6 is 0 Å². The monoisotopic (exact) mass is 498 g/mol. The van der Waals surface area contributed by atoms with E-state index in [0.717, 1.165) is 19.3 Å². The van der Waals surface area contributed by atoms with Crippen LogP contribution in [-0.2, 0) is 16.0 Å². The number of nitriles is 1. The second kappa shape index (κ2) is 9.91. The van der Waals surface area contributed by atoms with Gasteiger partial charge >= 0.3 is 6.09 Å². The lowest BCUT2D eigenvalue weighted by molar-refractivity contribution is -0.128. The largest absolute Gasteiger partial charge is 0.457 e. The van der Waals surface area contributed by atoms with E-state index >= 15 is 0 Å². The molecule has 192 valence electrons. The van der Waals surface area contributed by atoms with E-state index in [4.69, 9.17) is 14.9 Å². The molecule has 1 aromatic carbocycles. The minimum atomic E-state index is -1.27. The van der Waals surface area contributed by atoms with Crippen molar-refractivity contribution in [1.82, 2.24) is 10.2 Å². The molecule has 2 aromatic rings. The number of nitrogens with zero attached hydrogens (tertiary/aromatic N) is 2. The van der Waals surface area contributed by atoms with Crippen LogP contribution in [0.25, 0.3) is 11.3 Å². The molecule has 2 heterocycles. The molecule has 2 fully saturated rings. The summed E-state index contributed by atoms with van der Waals surface area (Å²) in [5.41, 5.74) is 5.37. The summed E-state index contributed by atoms with van der Waals surface area (Å²) in [5, 5.41) is 21.8. The number of benzene rings is 1. The van der Waals surface area contributed by atoms with Gasteiger partial charge in [0, 0.05) is 18.0 Å². The summed E-state index contributed by atoms with van der Waals surface area (Å²) >= 11 is 0. The molecule has 0 spiro atoms. The second-order valence-electron chi connectivity index (χ2n) is 10.4. The van der Waals surface area contributed by atoms with Crippen molar-refractivity contribution in [3.05, 3.63) is 47.5 Å². The Balaban J connectivity index is 1.45. The van der Waals surface area contributed by atoms with Crippen molar-refractivity contribution in [2.24, 2.45) is 11.7 Å². The number of aliphatic hydroxyl groups excluding tert-OH is 1. The van der Waals surface area contributed by atoms with E-state index < -0.39 is 41.7 Å². The molecule has 1 saturated carbocycles. The number of nitrogens with two attached hydrogens (primary N) is 1. The van der Waals surface area contributed by atoms with Gasteiger partial charge in [-0.15, -0.1) is 0 Å². The van der Waals surface area contributed by atoms with Crippen LogP contribution in [0, 0.1) is 23.1 Å². The molecule has 10 heteroatoms. The fourth-order valence-electron chi connectivity index (χ4n) is 5.04. The number of rotatable bonds is 6. The van der Waals surface area contributed by atoms with Crippen molar-refractivity contribution in [1.29, 1.82) is 5.26 Å². The molecule has 1 unspecified atom stereocenters. The number of ether oxygens (including phenoxy) is 1. The van der Waals surface area contributed by atoms with Gasteiger partial charge < -0.3 is 19.6 Å². The van der Waals surface area contributed by atoms with Crippen LogP contribution in [0.5, 0.6) is 0 Å². The molecule has 1 aromatic heterocycles. The van der Waals surface area contributed by atoms with Gasteiger partial charge in [-0.25, -0.2) is 9.18 Å². The van der Waals surface area contributed by atoms with Crippen molar-refractivity contribution >= 4 is 12.0 Å². The maximum Gasteiger partial charge on any atom is 0.411 e. The molecule has 2 bridgehead atoms. The molecular weight excluding hydrogens is 467 g/mol. The van der Waals surface area contributed by atoms with Crippen molar-refractivity contribution in [2.45, 2.75) is 76.4 Å². The lowest BCUT2D eigenvalue weighted by Gasteiger charge is -2.35. The van der Waals surface area contributed by atoms with Crippen LogP contribution in [0.2, 0.25) is 0 Å². The summed E-state index contributed by atoms with van der Waals surface area (Å²) in [4.78, 5) is 27.5. The van der Waals surface area contributed by atoms with Crippen LogP contribution < -0.4 is 11.1 Å². The molecule has 5 atom stereocenters. The standard InChI is InChI=1S/C26H31FN4O5/c1-26(2,3)36-25(34)31-18-7-6-16(11-18)22(31)24(33)30-17(13-28)10-14-4-5-15(12-19(14)27)20-8-9-21(35-20)23(29)32/h4-5,8-9,12,16-18,22-23,32H,6-7,10-11,29H2,1-3H3,(H,30,33)/t16-,17-,18+,22-,23?/m0/s1. The normalized spacial score (nSPS) is 22.7. The van der Waals surface area contributed by atoms with Crippen molar-refractivity contribution in [2.75, 3.05) is 0 Å². The lowest BCUT2D eigenvalue weighted by Crippen LogP contribution is -2.55. The summed E-state index contributed by atoms with van der Waals surface area (Å²) < 4.78 is 25.8. The number of hydrogen-bond acceptors (Lipinski definition) is 7. The van der Waals surface area contributed by atoms with E-state index in [-0.39, 0.29) is 29.7 Å². The minimum Gasteiger partial charge on any atom is -0.457 e. The molecule has 2 amide bonds. The summed E-state index contributed by atoms with van der Waals surface area (Å²) in [6.07, 6.45) is 0.504. The van der Waals surface area contributed by atoms with E-state index in [1.807, 2.05) is 6.07 Å². The van der Waals surface area contributed by atoms with Crippen LogP contribution in [0.15, 0.2) is 34.7 Å². The molecule has 4 rings (SSSR count). The molecule has 1 aliphatic heterocycles. The maximum atomic E-state index is 14.9. The zero-order valence-corrected chi connectivity index (χ0v) is 20.5. The minimum absolute atomic E-state index is 0.00288. The van der Waals surface area contributed by atoms with Crippen molar-refractivity contribution < 1.29 is 28.2 Å². The predicted octanol–water partition coefficient (Wildman–Crippen LogP) is 3.37. The highest BCUT2D eigenvalue weighted by atomic mass is 19.1. The fourth-order valence-corrected chi connectivity index (χ4v) is 5.04. The second-order valence-corrected chi connectivity index (χ2v) is 10.4. The number of fused-ring (bicyclic) bond motifs is 2. The first-order chi connectivity index (χ1) is 17.0. The quantitative estimate of drug-likeness (QED) is 0.518. The Kier molecular flexibility index (Phi) is 7.07. The van der Waals surface area contributed by atoms with Gasteiger partial charge in [0.1, 0.15) is 35.0 Å². The number of aliphatic hydroxyl groups is 1. The molecular formula is C26H31FN4O5. The molecule has 9 nitrogen and oxygen atoms in total. The van der Waals surface area contributed by atoms with Gasteiger partial charge in [0.2, 0.25) is 5.91 Å². The third-order valence-corrected chi connectivity index (χ3v) is 6.61. The number of likely N-dealkylation sites (tertiary alicyclic amines) is 1.